The Hall–Kier alpha value is -2.85. The number of hydrogen-bond donors (Lipinski definition) is 4. The molecule has 4 N–H and O–H groups in total. The van der Waals surface area contributed by atoms with Crippen LogP contribution in [0.3, 0.4) is 0 Å². The van der Waals surface area contributed by atoms with Gasteiger partial charge in [-0.3, -0.25) is 19.6 Å². The highest BCUT2D eigenvalue weighted by molar-refractivity contribution is 5.76. The summed E-state index contributed by atoms with van der Waals surface area (Å²) in [6.07, 6.45) is 0.110. The Balaban J connectivity index is 0.000000941. The van der Waals surface area contributed by atoms with E-state index in [-0.39, 0.29) is 19.4 Å². The van der Waals surface area contributed by atoms with Crippen molar-refractivity contribution in [2.24, 2.45) is 5.41 Å². The maximum absolute atomic E-state index is 13.5. The standard InChI is InChI=1S/C18H23FN4O3.CH2O2/c1-2-15-20-16(22-21-15)10-23-7-6-14(24)18(11-23,17(25)26)9-12-4-3-5-13(19)8-12;2-1-3/h3-5,8,14,24H,2,6-7,9-11H2,1H3,(H,25,26)(H,20,21,22);1H,(H,2,3)/t14-,18+;/m0./s1. The first-order valence-electron chi connectivity index (χ1n) is 9.21. The number of carbonyl (C=O) groups is 2. The van der Waals surface area contributed by atoms with Gasteiger partial charge in [0.2, 0.25) is 0 Å². The number of aliphatic hydroxyl groups is 1. The number of benzene rings is 1. The van der Waals surface area contributed by atoms with Crippen LogP contribution in [0.1, 0.15) is 30.6 Å². The molecule has 1 aromatic heterocycles. The van der Waals surface area contributed by atoms with Gasteiger partial charge in [-0.15, -0.1) is 0 Å². The van der Waals surface area contributed by atoms with Gasteiger partial charge < -0.3 is 15.3 Å². The van der Waals surface area contributed by atoms with Crippen LogP contribution in [0, 0.1) is 11.2 Å². The molecule has 3 rings (SSSR count). The fourth-order valence-corrected chi connectivity index (χ4v) is 3.55. The third kappa shape index (κ3) is 5.58. The lowest BCUT2D eigenvalue weighted by atomic mass is 9.73. The smallest absolute Gasteiger partial charge is 0.313 e. The molecule has 0 saturated carbocycles. The lowest BCUT2D eigenvalue weighted by Gasteiger charge is -2.43. The van der Waals surface area contributed by atoms with E-state index in [4.69, 9.17) is 9.90 Å². The number of carboxylic acid groups (broad SMARTS) is 2. The summed E-state index contributed by atoms with van der Waals surface area (Å²) >= 11 is 0. The van der Waals surface area contributed by atoms with Crippen molar-refractivity contribution in [3.63, 3.8) is 0 Å². The van der Waals surface area contributed by atoms with Crippen molar-refractivity contribution in [1.29, 1.82) is 0 Å². The third-order valence-corrected chi connectivity index (χ3v) is 4.96. The molecule has 2 atom stereocenters. The second-order valence-electron chi connectivity index (χ2n) is 6.94. The number of likely N-dealkylation sites (tertiary alicyclic amines) is 1. The first kappa shape index (κ1) is 22.4. The lowest BCUT2D eigenvalue weighted by Crippen LogP contribution is -2.56. The van der Waals surface area contributed by atoms with Gasteiger partial charge in [0.05, 0.1) is 12.6 Å². The predicted octanol–water partition coefficient (Wildman–Crippen LogP) is 1.09. The van der Waals surface area contributed by atoms with Crippen molar-refractivity contribution in [3.8, 4) is 0 Å². The molecule has 29 heavy (non-hydrogen) atoms. The number of halogens is 1. The molecule has 0 amide bonds. The van der Waals surface area contributed by atoms with Crippen molar-refractivity contribution in [3.05, 3.63) is 47.3 Å². The lowest BCUT2D eigenvalue weighted by molar-refractivity contribution is -0.163. The number of piperidine rings is 1. The Morgan fingerprint density at radius 3 is 2.79 bits per heavy atom. The first-order chi connectivity index (χ1) is 13.8. The van der Waals surface area contributed by atoms with E-state index in [1.165, 1.54) is 12.1 Å². The minimum atomic E-state index is -1.39. The fraction of sp³-hybridized carbons (Fsp3) is 0.474. The van der Waals surface area contributed by atoms with E-state index in [1.54, 1.807) is 12.1 Å². The summed E-state index contributed by atoms with van der Waals surface area (Å²) in [5.74, 6) is -0.116. The van der Waals surface area contributed by atoms with Crippen molar-refractivity contribution in [2.45, 2.75) is 38.8 Å². The summed E-state index contributed by atoms with van der Waals surface area (Å²) in [5, 5.41) is 34.3. The van der Waals surface area contributed by atoms with E-state index < -0.39 is 23.3 Å². The molecule has 158 valence electrons. The summed E-state index contributed by atoms with van der Waals surface area (Å²) in [6, 6.07) is 5.87. The van der Waals surface area contributed by atoms with Gasteiger partial charge in [0, 0.05) is 19.5 Å². The minimum Gasteiger partial charge on any atom is -0.483 e. The predicted molar refractivity (Wildman–Crippen MR) is 101 cm³/mol. The Kier molecular flexibility index (Phi) is 7.80. The van der Waals surface area contributed by atoms with Crippen LogP contribution in [-0.4, -0.2) is 67.0 Å². The Morgan fingerprint density at radius 2 is 2.21 bits per heavy atom. The van der Waals surface area contributed by atoms with Gasteiger partial charge in [-0.25, -0.2) is 9.37 Å². The molecule has 0 radical (unpaired) electrons. The van der Waals surface area contributed by atoms with Crippen LogP contribution in [-0.2, 0) is 29.0 Å². The van der Waals surface area contributed by atoms with Gasteiger partial charge in [0.1, 0.15) is 22.9 Å². The van der Waals surface area contributed by atoms with E-state index in [9.17, 15) is 19.4 Å². The molecular weight excluding hydrogens is 383 g/mol. The number of hydrogen-bond acceptors (Lipinski definition) is 6. The maximum Gasteiger partial charge on any atom is 0.313 e. The number of aromatic nitrogens is 3. The summed E-state index contributed by atoms with van der Waals surface area (Å²) in [6.45, 7) is 2.85. The second-order valence-corrected chi connectivity index (χ2v) is 6.94. The molecule has 1 saturated heterocycles. The average Bonchev–Trinajstić information content (AvgIpc) is 3.12. The van der Waals surface area contributed by atoms with Gasteiger partial charge in [-0.05, 0) is 30.5 Å². The summed E-state index contributed by atoms with van der Waals surface area (Å²) < 4.78 is 13.5. The van der Waals surface area contributed by atoms with Crippen molar-refractivity contribution in [1.82, 2.24) is 20.1 Å². The summed E-state index contributed by atoms with van der Waals surface area (Å²) in [5.41, 5.74) is -0.833. The molecule has 0 spiro atoms. The van der Waals surface area contributed by atoms with E-state index in [1.807, 2.05) is 11.8 Å². The molecule has 10 heteroatoms. The Labute approximate surface area is 167 Å². The zero-order chi connectivity index (χ0) is 21.4. The second kappa shape index (κ2) is 10.1. The largest absolute Gasteiger partial charge is 0.483 e. The highest BCUT2D eigenvalue weighted by Gasteiger charge is 2.49. The monoisotopic (exact) mass is 408 g/mol. The zero-order valence-corrected chi connectivity index (χ0v) is 16.1. The SMILES string of the molecule is CCc1n[nH]c(CN2CC[C@H](O)[C@](Cc3cccc(F)c3)(C(=O)O)C2)n1.O=CO. The third-order valence-electron chi connectivity index (χ3n) is 4.96. The molecular formula is C19H25FN4O5. The number of rotatable bonds is 6. The van der Waals surface area contributed by atoms with Gasteiger partial charge in [-0.2, -0.15) is 5.10 Å². The van der Waals surface area contributed by atoms with Gasteiger partial charge in [0.25, 0.3) is 6.47 Å². The number of nitrogens with one attached hydrogen (secondary N) is 1. The molecule has 1 aliphatic heterocycles. The van der Waals surface area contributed by atoms with E-state index in [0.29, 0.717) is 43.1 Å². The average molecular weight is 408 g/mol. The van der Waals surface area contributed by atoms with Crippen molar-refractivity contribution < 1.29 is 29.3 Å². The van der Waals surface area contributed by atoms with Crippen LogP contribution in [0.15, 0.2) is 24.3 Å². The maximum atomic E-state index is 13.5. The fourth-order valence-electron chi connectivity index (χ4n) is 3.55. The van der Waals surface area contributed by atoms with Crippen LogP contribution in [0.5, 0.6) is 0 Å². The van der Waals surface area contributed by atoms with Crippen molar-refractivity contribution >= 4 is 12.4 Å². The van der Waals surface area contributed by atoms with E-state index in [2.05, 4.69) is 15.2 Å². The van der Waals surface area contributed by atoms with Gasteiger partial charge >= 0.3 is 5.97 Å². The molecule has 1 fully saturated rings. The molecule has 0 bridgehead atoms. The minimum absolute atomic E-state index is 0.0639. The van der Waals surface area contributed by atoms with Crippen LogP contribution >= 0.6 is 0 Å². The van der Waals surface area contributed by atoms with Gasteiger partial charge in [-0.1, -0.05) is 19.1 Å². The number of aryl methyl sites for hydroxylation is 1. The normalized spacial score (nSPS) is 21.8. The molecule has 1 aromatic carbocycles. The zero-order valence-electron chi connectivity index (χ0n) is 16.1. The van der Waals surface area contributed by atoms with Crippen LogP contribution in [0.25, 0.3) is 0 Å². The number of nitrogens with zero attached hydrogens (tertiary/aromatic N) is 3. The van der Waals surface area contributed by atoms with Crippen LogP contribution < -0.4 is 0 Å². The van der Waals surface area contributed by atoms with Crippen molar-refractivity contribution in [2.75, 3.05) is 13.1 Å². The molecule has 0 unspecified atom stereocenters. The number of carboxylic acids is 1. The number of aliphatic hydroxyl groups excluding tert-OH is 1. The molecule has 2 heterocycles. The topological polar surface area (TPSA) is 140 Å². The number of aliphatic carboxylic acids is 1. The Morgan fingerprint density at radius 1 is 1.48 bits per heavy atom. The summed E-state index contributed by atoms with van der Waals surface area (Å²) in [4.78, 5) is 26.8. The highest BCUT2D eigenvalue weighted by atomic mass is 19.1. The van der Waals surface area contributed by atoms with E-state index >= 15 is 0 Å². The van der Waals surface area contributed by atoms with E-state index in [0.717, 1.165) is 0 Å². The number of H-pyrrole nitrogens is 1. The van der Waals surface area contributed by atoms with Crippen LogP contribution in [0.2, 0.25) is 0 Å². The highest BCUT2D eigenvalue weighted by Crippen LogP contribution is 2.35. The van der Waals surface area contributed by atoms with Crippen LogP contribution in [0.4, 0.5) is 4.39 Å². The molecule has 1 aliphatic rings. The number of aromatic amines is 1. The molecule has 0 aliphatic carbocycles. The molecule has 2 aromatic rings. The quantitative estimate of drug-likeness (QED) is 0.521. The summed E-state index contributed by atoms with van der Waals surface area (Å²) in [7, 11) is 0. The van der Waals surface area contributed by atoms with Gasteiger partial charge in [0.15, 0.2) is 0 Å². The first-order valence-corrected chi connectivity index (χ1v) is 9.21. The molecule has 9 nitrogen and oxygen atoms in total. The Bertz CT molecular complexity index is 830.